The third kappa shape index (κ3) is 5.93. The minimum atomic E-state index is -0.886. The number of nitrogens with zero attached hydrogens (tertiary/aromatic N) is 2. The molecule has 1 aromatic heterocycles. The smallest absolute Gasteiger partial charge is 0.323 e. The van der Waals surface area contributed by atoms with Gasteiger partial charge in [0.05, 0.1) is 19.0 Å². The van der Waals surface area contributed by atoms with Gasteiger partial charge in [0.2, 0.25) is 0 Å². The molecule has 0 saturated carbocycles. The second kappa shape index (κ2) is 14.6. The average molecular weight is 654 g/mol. The van der Waals surface area contributed by atoms with Crippen molar-refractivity contribution in [2.75, 3.05) is 7.11 Å². The maximum Gasteiger partial charge on any atom is 0.323 e. The van der Waals surface area contributed by atoms with Gasteiger partial charge in [-0.05, 0) is 33.4 Å². The highest BCUT2D eigenvalue weighted by molar-refractivity contribution is 5.76. The first-order valence-electron chi connectivity index (χ1n) is 16.9. The van der Waals surface area contributed by atoms with E-state index in [0.717, 1.165) is 39.1 Å². The number of carbonyl (C=O) groups is 1. The predicted molar refractivity (Wildman–Crippen MR) is 199 cm³/mol. The Hall–Kier alpha value is -6.04. The van der Waals surface area contributed by atoms with E-state index in [-0.39, 0.29) is 5.97 Å². The van der Waals surface area contributed by atoms with Crippen molar-refractivity contribution in [1.82, 2.24) is 14.9 Å². The van der Waals surface area contributed by atoms with E-state index in [1.165, 1.54) is 7.11 Å². The van der Waals surface area contributed by atoms with E-state index in [9.17, 15) is 4.79 Å². The molecule has 0 saturated heterocycles. The molecule has 6 aromatic carbocycles. The SMILES string of the molecule is COC(=O)C(Cc1cncn1C(c1ccccc1)(c1ccccc1)c1ccccc1)NC(c1ccccc1)(c1ccccc1)c1ccccc1. The Morgan fingerprint density at radius 3 is 1.26 bits per heavy atom. The molecule has 1 heterocycles. The fourth-order valence-corrected chi connectivity index (χ4v) is 7.35. The maximum atomic E-state index is 14.1. The van der Waals surface area contributed by atoms with Crippen LogP contribution in [0.5, 0.6) is 0 Å². The van der Waals surface area contributed by atoms with Crippen LogP contribution in [0.1, 0.15) is 39.1 Å². The Morgan fingerprint density at radius 1 is 0.580 bits per heavy atom. The van der Waals surface area contributed by atoms with Gasteiger partial charge in [0.15, 0.2) is 0 Å². The van der Waals surface area contributed by atoms with Crippen LogP contribution in [0.2, 0.25) is 0 Å². The Balaban J connectivity index is 1.43. The number of nitrogens with one attached hydrogen (secondary N) is 1. The van der Waals surface area contributed by atoms with Crippen molar-refractivity contribution in [3.05, 3.63) is 234 Å². The largest absolute Gasteiger partial charge is 0.468 e. The van der Waals surface area contributed by atoms with Gasteiger partial charge in [-0.15, -0.1) is 0 Å². The molecular weight excluding hydrogens is 615 g/mol. The van der Waals surface area contributed by atoms with Crippen molar-refractivity contribution in [3.63, 3.8) is 0 Å². The molecule has 1 N–H and O–H groups in total. The van der Waals surface area contributed by atoms with Gasteiger partial charge in [0, 0.05) is 18.3 Å². The molecule has 0 amide bonds. The molecular formula is C45H39N3O2. The second-order valence-electron chi connectivity index (χ2n) is 12.3. The number of methoxy groups -OCH3 is 1. The monoisotopic (exact) mass is 653 g/mol. The number of imidazole rings is 1. The maximum absolute atomic E-state index is 14.1. The van der Waals surface area contributed by atoms with Crippen molar-refractivity contribution >= 4 is 5.97 Å². The molecule has 0 aliphatic heterocycles. The number of hydrogen-bond donors (Lipinski definition) is 1. The first-order chi connectivity index (χ1) is 24.7. The van der Waals surface area contributed by atoms with E-state index in [4.69, 9.17) is 9.72 Å². The molecule has 5 heteroatoms. The Labute approximate surface area is 293 Å². The molecule has 1 unspecified atom stereocenters. The molecule has 0 aliphatic carbocycles. The lowest BCUT2D eigenvalue weighted by Gasteiger charge is -2.41. The number of benzene rings is 6. The van der Waals surface area contributed by atoms with Crippen LogP contribution in [0, 0.1) is 0 Å². The summed E-state index contributed by atoms with van der Waals surface area (Å²) in [6.45, 7) is 0. The van der Waals surface area contributed by atoms with Crippen LogP contribution in [0.4, 0.5) is 0 Å². The third-order valence-corrected chi connectivity index (χ3v) is 9.56. The summed E-state index contributed by atoms with van der Waals surface area (Å²) >= 11 is 0. The Kier molecular flexibility index (Phi) is 9.50. The van der Waals surface area contributed by atoms with E-state index < -0.39 is 17.1 Å². The second-order valence-corrected chi connectivity index (χ2v) is 12.3. The summed E-state index contributed by atoms with van der Waals surface area (Å²) in [6, 6.07) is 61.6. The molecule has 0 radical (unpaired) electrons. The van der Waals surface area contributed by atoms with Crippen molar-refractivity contribution in [3.8, 4) is 0 Å². The molecule has 246 valence electrons. The Bertz CT molecular complexity index is 1910. The van der Waals surface area contributed by atoms with E-state index in [0.29, 0.717) is 6.42 Å². The zero-order valence-corrected chi connectivity index (χ0v) is 28.0. The van der Waals surface area contributed by atoms with Gasteiger partial charge >= 0.3 is 5.97 Å². The van der Waals surface area contributed by atoms with Crippen LogP contribution >= 0.6 is 0 Å². The van der Waals surface area contributed by atoms with Crippen molar-refractivity contribution in [2.45, 2.75) is 23.5 Å². The molecule has 7 aromatic rings. The fourth-order valence-electron chi connectivity index (χ4n) is 7.35. The highest BCUT2D eigenvalue weighted by Gasteiger charge is 2.43. The molecule has 0 aliphatic rings. The van der Waals surface area contributed by atoms with Crippen LogP contribution < -0.4 is 5.32 Å². The summed E-state index contributed by atoms with van der Waals surface area (Å²) in [7, 11) is 1.45. The first-order valence-corrected chi connectivity index (χ1v) is 16.9. The standard InChI is InChI=1S/C45H39N3O2/c1-50-43(49)42(47-44(35-20-8-2-9-21-35,36-22-10-3-11-23-36)37-24-12-4-13-25-37)32-41-33-46-34-48(41)45(38-26-14-5-15-27-38,39-28-16-6-17-29-39)40-30-18-7-19-31-40/h2-31,33-34,42,47H,32H2,1H3. The van der Waals surface area contributed by atoms with Crippen molar-refractivity contribution in [2.24, 2.45) is 0 Å². The lowest BCUT2D eigenvalue weighted by molar-refractivity contribution is -0.143. The van der Waals surface area contributed by atoms with Gasteiger partial charge < -0.3 is 9.30 Å². The van der Waals surface area contributed by atoms with Gasteiger partial charge in [0.25, 0.3) is 0 Å². The van der Waals surface area contributed by atoms with Crippen LogP contribution in [0.25, 0.3) is 0 Å². The molecule has 50 heavy (non-hydrogen) atoms. The minimum absolute atomic E-state index is 0.301. The predicted octanol–water partition coefficient (Wildman–Crippen LogP) is 8.39. The van der Waals surface area contributed by atoms with E-state index in [1.54, 1.807) is 0 Å². The topological polar surface area (TPSA) is 56.1 Å². The molecule has 1 atom stereocenters. The third-order valence-electron chi connectivity index (χ3n) is 9.56. The van der Waals surface area contributed by atoms with E-state index in [2.05, 4.69) is 119 Å². The number of ether oxygens (including phenoxy) is 1. The summed E-state index contributed by atoms with van der Waals surface area (Å²) in [4.78, 5) is 18.8. The average Bonchev–Trinajstić information content (AvgIpc) is 3.67. The number of carbonyl (C=O) groups excluding carboxylic acids is 1. The molecule has 0 bridgehead atoms. The number of aromatic nitrogens is 2. The molecule has 7 rings (SSSR count). The van der Waals surface area contributed by atoms with Gasteiger partial charge in [-0.25, -0.2) is 4.98 Å². The van der Waals surface area contributed by atoms with E-state index in [1.807, 2.05) is 85.3 Å². The first kappa shape index (κ1) is 32.5. The molecule has 0 spiro atoms. The molecule has 5 nitrogen and oxygen atoms in total. The highest BCUT2D eigenvalue weighted by Crippen LogP contribution is 2.42. The lowest BCUT2D eigenvalue weighted by atomic mass is 9.76. The van der Waals surface area contributed by atoms with Gasteiger partial charge in [-0.3, -0.25) is 10.1 Å². The lowest BCUT2D eigenvalue weighted by Crippen LogP contribution is -2.54. The van der Waals surface area contributed by atoms with Crippen molar-refractivity contribution in [1.29, 1.82) is 0 Å². The minimum Gasteiger partial charge on any atom is -0.468 e. The number of rotatable bonds is 12. The van der Waals surface area contributed by atoms with E-state index >= 15 is 0 Å². The summed E-state index contributed by atoms with van der Waals surface area (Å²) < 4.78 is 7.79. The Morgan fingerprint density at radius 2 is 0.920 bits per heavy atom. The van der Waals surface area contributed by atoms with Gasteiger partial charge in [0.1, 0.15) is 11.6 Å². The highest BCUT2D eigenvalue weighted by atomic mass is 16.5. The zero-order chi connectivity index (χ0) is 34.2. The molecule has 0 fully saturated rings. The zero-order valence-electron chi connectivity index (χ0n) is 28.0. The summed E-state index contributed by atoms with van der Waals surface area (Å²) in [5.41, 5.74) is 5.44. The fraction of sp³-hybridized carbons (Fsp3) is 0.111. The van der Waals surface area contributed by atoms with Crippen LogP contribution in [0.15, 0.2) is 195 Å². The number of esters is 1. The normalized spacial score (nSPS) is 12.3. The summed E-state index contributed by atoms with van der Waals surface area (Å²) in [6.07, 6.45) is 4.06. The van der Waals surface area contributed by atoms with Crippen LogP contribution in [-0.4, -0.2) is 28.7 Å². The summed E-state index contributed by atoms with van der Waals surface area (Å²) in [5, 5.41) is 3.89. The summed E-state index contributed by atoms with van der Waals surface area (Å²) in [5.74, 6) is -0.366. The van der Waals surface area contributed by atoms with Gasteiger partial charge in [-0.1, -0.05) is 182 Å². The number of hydrogen-bond acceptors (Lipinski definition) is 4. The quantitative estimate of drug-likeness (QED) is 0.106. The van der Waals surface area contributed by atoms with Crippen molar-refractivity contribution < 1.29 is 9.53 Å². The van der Waals surface area contributed by atoms with Gasteiger partial charge in [-0.2, -0.15) is 0 Å². The van der Waals surface area contributed by atoms with Crippen LogP contribution in [0.3, 0.4) is 0 Å². The van der Waals surface area contributed by atoms with Crippen LogP contribution in [-0.2, 0) is 27.0 Å².